The summed E-state index contributed by atoms with van der Waals surface area (Å²) < 4.78 is 5.36. The monoisotopic (exact) mass is 276 g/mol. The second-order valence-electron chi connectivity index (χ2n) is 5.02. The normalized spacial score (nSPS) is 16.9. The average molecular weight is 277 g/mol. The van der Waals surface area contributed by atoms with Gasteiger partial charge in [0.05, 0.1) is 18.7 Å². The van der Waals surface area contributed by atoms with Crippen LogP contribution < -0.4 is 0 Å². The molecule has 2 aromatic rings. The average Bonchev–Trinajstić information content (AvgIpc) is 2.41. The topological polar surface area (TPSA) is 25.4 Å². The largest absolute Gasteiger partial charge is 0.379 e. The van der Waals surface area contributed by atoms with Crippen molar-refractivity contribution >= 4 is 22.5 Å². The number of halogens is 1. The Kier molecular flexibility index (Phi) is 3.69. The molecule has 1 aromatic heterocycles. The number of rotatable bonds is 2. The molecule has 0 bridgehead atoms. The molecular weight excluding hydrogens is 260 g/mol. The second-order valence-corrected chi connectivity index (χ2v) is 5.38. The first-order chi connectivity index (χ1) is 9.22. The second kappa shape index (κ2) is 5.45. The van der Waals surface area contributed by atoms with Gasteiger partial charge in [0.15, 0.2) is 0 Å². The molecule has 19 heavy (non-hydrogen) atoms. The zero-order valence-electron chi connectivity index (χ0n) is 11.0. The minimum atomic E-state index is 0.614. The molecule has 1 aromatic carbocycles. The van der Waals surface area contributed by atoms with E-state index in [1.54, 1.807) is 0 Å². The molecule has 0 atom stereocenters. The summed E-state index contributed by atoms with van der Waals surface area (Å²) in [4.78, 5) is 6.84. The molecule has 0 aliphatic carbocycles. The van der Waals surface area contributed by atoms with E-state index in [-0.39, 0.29) is 0 Å². The predicted molar refractivity (Wildman–Crippen MR) is 77.6 cm³/mol. The molecule has 0 N–H and O–H groups in total. The first-order valence-corrected chi connectivity index (χ1v) is 6.96. The molecule has 0 amide bonds. The van der Waals surface area contributed by atoms with Crippen LogP contribution in [-0.2, 0) is 11.3 Å². The van der Waals surface area contributed by atoms with Gasteiger partial charge in [0.1, 0.15) is 5.15 Å². The molecule has 0 saturated carbocycles. The number of ether oxygens (including phenoxy) is 1. The van der Waals surface area contributed by atoms with Gasteiger partial charge in [0.2, 0.25) is 0 Å². The highest BCUT2D eigenvalue weighted by molar-refractivity contribution is 6.30. The predicted octanol–water partition coefficient (Wildman–Crippen LogP) is 3.03. The van der Waals surface area contributed by atoms with Gasteiger partial charge in [-0.25, -0.2) is 4.98 Å². The number of aryl methyl sites for hydroxylation is 1. The van der Waals surface area contributed by atoms with Crippen molar-refractivity contribution in [3.8, 4) is 0 Å². The molecule has 100 valence electrons. The summed E-state index contributed by atoms with van der Waals surface area (Å²) in [5.74, 6) is 0. The van der Waals surface area contributed by atoms with E-state index in [2.05, 4.69) is 35.0 Å². The Morgan fingerprint density at radius 2 is 2.05 bits per heavy atom. The Morgan fingerprint density at radius 1 is 1.26 bits per heavy atom. The van der Waals surface area contributed by atoms with Crippen LogP contribution in [-0.4, -0.2) is 36.2 Å². The van der Waals surface area contributed by atoms with Crippen molar-refractivity contribution in [2.75, 3.05) is 26.3 Å². The van der Waals surface area contributed by atoms with Gasteiger partial charge < -0.3 is 4.74 Å². The van der Waals surface area contributed by atoms with Gasteiger partial charge in [-0.05, 0) is 25.1 Å². The molecule has 0 spiro atoms. The molecule has 1 aliphatic rings. The van der Waals surface area contributed by atoms with Crippen LogP contribution in [0.4, 0.5) is 0 Å². The van der Waals surface area contributed by atoms with Crippen LogP contribution in [0.1, 0.15) is 11.1 Å². The zero-order chi connectivity index (χ0) is 13.2. The minimum absolute atomic E-state index is 0.614. The van der Waals surface area contributed by atoms with Gasteiger partial charge in [-0.15, -0.1) is 0 Å². The van der Waals surface area contributed by atoms with Crippen LogP contribution in [0.3, 0.4) is 0 Å². The number of hydrogen-bond acceptors (Lipinski definition) is 3. The van der Waals surface area contributed by atoms with Gasteiger partial charge in [0, 0.05) is 30.6 Å². The van der Waals surface area contributed by atoms with Crippen LogP contribution in [0.2, 0.25) is 5.15 Å². The van der Waals surface area contributed by atoms with E-state index >= 15 is 0 Å². The fraction of sp³-hybridized carbons (Fsp3) is 0.400. The number of pyridine rings is 1. The van der Waals surface area contributed by atoms with Gasteiger partial charge in [-0.1, -0.05) is 23.2 Å². The van der Waals surface area contributed by atoms with Gasteiger partial charge >= 0.3 is 0 Å². The molecular formula is C15H17ClN2O. The maximum atomic E-state index is 6.29. The van der Waals surface area contributed by atoms with Gasteiger partial charge in [-0.2, -0.15) is 0 Å². The van der Waals surface area contributed by atoms with E-state index < -0.39 is 0 Å². The standard InChI is InChI=1S/C15H17ClN2O/c1-11-2-3-14-12(8-11)9-13(15(16)17-14)10-18-4-6-19-7-5-18/h2-3,8-9H,4-7,10H2,1H3. The fourth-order valence-corrected chi connectivity index (χ4v) is 2.63. The molecule has 0 unspecified atom stereocenters. The molecule has 4 heteroatoms. The van der Waals surface area contributed by atoms with E-state index in [0.717, 1.165) is 49.3 Å². The first-order valence-electron chi connectivity index (χ1n) is 6.58. The lowest BCUT2D eigenvalue weighted by atomic mass is 10.1. The Bertz CT molecular complexity index is 594. The lowest BCUT2D eigenvalue weighted by Gasteiger charge is -2.26. The quantitative estimate of drug-likeness (QED) is 0.789. The molecule has 3 rings (SSSR count). The summed E-state index contributed by atoms with van der Waals surface area (Å²) in [5, 5.41) is 1.77. The molecule has 1 saturated heterocycles. The zero-order valence-corrected chi connectivity index (χ0v) is 11.8. The molecule has 0 radical (unpaired) electrons. The third-order valence-electron chi connectivity index (χ3n) is 3.49. The Morgan fingerprint density at radius 3 is 2.84 bits per heavy atom. The number of aromatic nitrogens is 1. The first kappa shape index (κ1) is 12.9. The number of hydrogen-bond donors (Lipinski definition) is 0. The summed E-state index contributed by atoms with van der Waals surface area (Å²) in [7, 11) is 0. The summed E-state index contributed by atoms with van der Waals surface area (Å²) in [6, 6.07) is 8.40. The van der Waals surface area contributed by atoms with Crippen molar-refractivity contribution in [3.05, 3.63) is 40.5 Å². The highest BCUT2D eigenvalue weighted by Gasteiger charge is 2.13. The van der Waals surface area contributed by atoms with Crippen LogP contribution in [0.25, 0.3) is 10.9 Å². The number of benzene rings is 1. The van der Waals surface area contributed by atoms with Crippen LogP contribution >= 0.6 is 11.6 Å². The van der Waals surface area contributed by atoms with Crippen LogP contribution in [0.15, 0.2) is 24.3 Å². The van der Waals surface area contributed by atoms with Gasteiger partial charge in [0.25, 0.3) is 0 Å². The number of morpholine rings is 1. The summed E-state index contributed by atoms with van der Waals surface area (Å²) in [5.41, 5.74) is 3.30. The number of nitrogens with zero attached hydrogens (tertiary/aromatic N) is 2. The summed E-state index contributed by atoms with van der Waals surface area (Å²) >= 11 is 6.29. The minimum Gasteiger partial charge on any atom is -0.379 e. The van der Waals surface area contributed by atoms with E-state index in [1.807, 2.05) is 6.07 Å². The van der Waals surface area contributed by atoms with E-state index in [0.29, 0.717) is 5.15 Å². The molecule has 2 heterocycles. The Balaban J connectivity index is 1.91. The van der Waals surface area contributed by atoms with Crippen molar-refractivity contribution in [3.63, 3.8) is 0 Å². The highest BCUT2D eigenvalue weighted by Crippen LogP contribution is 2.23. The highest BCUT2D eigenvalue weighted by atomic mass is 35.5. The van der Waals surface area contributed by atoms with Crippen molar-refractivity contribution in [2.45, 2.75) is 13.5 Å². The smallest absolute Gasteiger partial charge is 0.134 e. The fourth-order valence-electron chi connectivity index (χ4n) is 2.43. The molecule has 1 aliphatic heterocycles. The Hall–Kier alpha value is -1.16. The maximum absolute atomic E-state index is 6.29. The van der Waals surface area contributed by atoms with Crippen molar-refractivity contribution in [1.29, 1.82) is 0 Å². The SMILES string of the molecule is Cc1ccc2nc(Cl)c(CN3CCOCC3)cc2c1. The summed E-state index contributed by atoms with van der Waals surface area (Å²) in [6.07, 6.45) is 0. The lowest BCUT2D eigenvalue weighted by Crippen LogP contribution is -2.35. The van der Waals surface area contributed by atoms with E-state index in [1.165, 1.54) is 5.56 Å². The Labute approximate surface area is 118 Å². The maximum Gasteiger partial charge on any atom is 0.134 e. The third-order valence-corrected chi connectivity index (χ3v) is 3.82. The van der Waals surface area contributed by atoms with Crippen molar-refractivity contribution < 1.29 is 4.74 Å². The van der Waals surface area contributed by atoms with E-state index in [9.17, 15) is 0 Å². The van der Waals surface area contributed by atoms with E-state index in [4.69, 9.17) is 16.3 Å². The lowest BCUT2D eigenvalue weighted by molar-refractivity contribution is 0.0342. The van der Waals surface area contributed by atoms with Crippen molar-refractivity contribution in [2.24, 2.45) is 0 Å². The third kappa shape index (κ3) is 2.89. The van der Waals surface area contributed by atoms with Crippen molar-refractivity contribution in [1.82, 2.24) is 9.88 Å². The summed E-state index contributed by atoms with van der Waals surface area (Å²) in [6.45, 7) is 6.47. The molecule has 3 nitrogen and oxygen atoms in total. The number of fused-ring (bicyclic) bond motifs is 1. The molecule has 1 fully saturated rings. The van der Waals surface area contributed by atoms with Crippen LogP contribution in [0.5, 0.6) is 0 Å². The van der Waals surface area contributed by atoms with Crippen LogP contribution in [0, 0.1) is 6.92 Å². The van der Waals surface area contributed by atoms with Gasteiger partial charge in [-0.3, -0.25) is 4.90 Å².